The molecule has 270 valence electrons. The molecule has 3 aromatic carbocycles. The summed E-state index contributed by atoms with van der Waals surface area (Å²) in [5.74, 6) is -0.710. The summed E-state index contributed by atoms with van der Waals surface area (Å²) in [5.41, 5.74) is 2.35. The molecule has 0 spiro atoms. The topological polar surface area (TPSA) is 124 Å². The molecule has 50 heavy (non-hydrogen) atoms. The van der Waals surface area contributed by atoms with Crippen molar-refractivity contribution in [2.45, 2.75) is 80.1 Å². The average molecular weight is 723 g/mol. The zero-order valence-electron chi connectivity index (χ0n) is 29.6. The molecule has 9 nitrogen and oxygen atoms in total. The Balaban J connectivity index is 0.000000337. The van der Waals surface area contributed by atoms with Gasteiger partial charge >= 0.3 is 11.9 Å². The smallest absolute Gasteiger partial charge is 0.326 e. The Hall–Kier alpha value is -3.96. The summed E-state index contributed by atoms with van der Waals surface area (Å²) in [5, 5.41) is 18.6. The Morgan fingerprint density at radius 3 is 1.46 bits per heavy atom. The summed E-state index contributed by atoms with van der Waals surface area (Å²) >= 11 is 4.03. The fraction of sp³-hybridized carbons (Fsp3) is 0.436. The van der Waals surface area contributed by atoms with Crippen molar-refractivity contribution >= 4 is 46.4 Å². The first-order chi connectivity index (χ1) is 23.8. The van der Waals surface area contributed by atoms with E-state index in [4.69, 9.17) is 9.84 Å². The van der Waals surface area contributed by atoms with E-state index in [0.29, 0.717) is 37.4 Å². The van der Waals surface area contributed by atoms with Crippen molar-refractivity contribution in [3.8, 4) is 5.75 Å². The number of likely N-dealkylation sites (tertiary alicyclic amines) is 2. The van der Waals surface area contributed by atoms with Gasteiger partial charge in [0.05, 0.1) is 7.11 Å². The number of hydrogen-bond acceptors (Lipinski definition) is 6. The highest BCUT2D eigenvalue weighted by molar-refractivity contribution is 8.33. The first-order valence-electron chi connectivity index (χ1n) is 17.1. The highest BCUT2D eigenvalue weighted by atomic mass is 32.3. The highest BCUT2D eigenvalue weighted by Gasteiger charge is 2.40. The zero-order chi connectivity index (χ0) is 36.6. The molecule has 2 aliphatic rings. The number of ether oxygens (including phenoxy) is 1. The third kappa shape index (κ3) is 8.66. The molecule has 2 saturated heterocycles. The monoisotopic (exact) mass is 722 g/mol. The maximum absolute atomic E-state index is 13.7. The molecule has 2 fully saturated rings. The van der Waals surface area contributed by atoms with Gasteiger partial charge < -0.3 is 24.7 Å². The van der Waals surface area contributed by atoms with Crippen LogP contribution < -0.4 is 4.74 Å². The van der Waals surface area contributed by atoms with Crippen LogP contribution in [0, 0.1) is 25.7 Å². The Labute approximate surface area is 302 Å². The lowest BCUT2D eigenvalue weighted by Crippen LogP contribution is -2.44. The first-order valence-corrected chi connectivity index (χ1v) is 19.5. The number of methoxy groups -OCH3 is 1. The van der Waals surface area contributed by atoms with Crippen LogP contribution in [-0.2, 0) is 19.2 Å². The van der Waals surface area contributed by atoms with Gasteiger partial charge in [0, 0.05) is 36.4 Å². The van der Waals surface area contributed by atoms with Gasteiger partial charge in [-0.05, 0) is 103 Å². The van der Waals surface area contributed by atoms with Gasteiger partial charge in [-0.15, -0.1) is 0 Å². The molecule has 2 N–H and O–H groups in total. The Morgan fingerprint density at radius 1 is 0.720 bits per heavy atom. The van der Waals surface area contributed by atoms with E-state index < -0.39 is 34.1 Å². The second-order valence-electron chi connectivity index (χ2n) is 13.2. The van der Waals surface area contributed by atoms with Crippen LogP contribution in [0.3, 0.4) is 0 Å². The standard InChI is InChI=1S/C30H35NO4S.C9H15NO3S/c1-21-7-13-25(14-8-21)36(26-15-9-22(2)10-16-26,27-17-11-24(35-4)12-18-27)20-23(3)29(32)31-19-5-6-28(31)30(33)34;1-6(5-14)8(11)10-4-2-3-7(10)9(12)13/h7-18,23,28H,5-6,19-20H2,1-4H3,(H,33,34);6-7,14H,2-5H2,1H3,(H,12,13)/t23-,28-;6-,7-/m00/s1. The van der Waals surface area contributed by atoms with Crippen molar-refractivity contribution in [1.29, 1.82) is 0 Å². The van der Waals surface area contributed by atoms with Gasteiger partial charge in [-0.3, -0.25) is 9.59 Å². The molecule has 2 amide bonds. The van der Waals surface area contributed by atoms with Crippen LogP contribution in [0.2, 0.25) is 0 Å². The van der Waals surface area contributed by atoms with E-state index >= 15 is 0 Å². The van der Waals surface area contributed by atoms with Gasteiger partial charge in [0.1, 0.15) is 17.8 Å². The van der Waals surface area contributed by atoms with Gasteiger partial charge in [0.25, 0.3) is 0 Å². The molecule has 5 rings (SSSR count). The van der Waals surface area contributed by atoms with Crippen molar-refractivity contribution < 1.29 is 34.1 Å². The second kappa shape index (κ2) is 17.3. The minimum Gasteiger partial charge on any atom is -0.497 e. The molecule has 2 heterocycles. The molecule has 2 aliphatic heterocycles. The number of carbonyl (C=O) groups is 4. The number of aliphatic carboxylic acids is 2. The van der Waals surface area contributed by atoms with Gasteiger partial charge in [0.2, 0.25) is 11.8 Å². The average Bonchev–Trinajstić information content (AvgIpc) is 3.82. The van der Waals surface area contributed by atoms with E-state index in [2.05, 4.69) is 87.1 Å². The van der Waals surface area contributed by atoms with Gasteiger partial charge in [-0.25, -0.2) is 9.59 Å². The molecule has 0 radical (unpaired) electrons. The molecular formula is C39H50N2O7S2. The van der Waals surface area contributed by atoms with Crippen LogP contribution in [-0.4, -0.2) is 87.6 Å². The Morgan fingerprint density at radius 2 is 1.10 bits per heavy atom. The number of benzene rings is 3. The summed E-state index contributed by atoms with van der Waals surface area (Å²) < 4.78 is 5.44. The Bertz CT molecular complexity index is 1580. The molecule has 3 aromatic rings. The van der Waals surface area contributed by atoms with Crippen molar-refractivity contribution in [2.75, 3.05) is 31.7 Å². The highest BCUT2D eigenvalue weighted by Crippen LogP contribution is 2.69. The molecular weight excluding hydrogens is 673 g/mol. The second-order valence-corrected chi connectivity index (χ2v) is 16.8. The van der Waals surface area contributed by atoms with E-state index in [1.165, 1.54) is 25.8 Å². The Kier molecular flexibility index (Phi) is 13.4. The predicted octanol–water partition coefficient (Wildman–Crippen LogP) is 6.93. The molecule has 0 saturated carbocycles. The van der Waals surface area contributed by atoms with E-state index in [0.717, 1.165) is 23.5 Å². The molecule has 0 unspecified atom stereocenters. The number of carboxylic acid groups (broad SMARTS) is 2. The van der Waals surface area contributed by atoms with Gasteiger partial charge in [-0.1, -0.05) is 49.2 Å². The summed E-state index contributed by atoms with van der Waals surface area (Å²) in [4.78, 5) is 54.6. The lowest BCUT2D eigenvalue weighted by molar-refractivity contribution is -0.149. The number of hydrogen-bond donors (Lipinski definition) is 3. The molecule has 0 aromatic heterocycles. The fourth-order valence-electron chi connectivity index (χ4n) is 6.71. The summed E-state index contributed by atoms with van der Waals surface area (Å²) in [6.45, 7) is 8.94. The van der Waals surface area contributed by atoms with Crippen molar-refractivity contribution in [2.24, 2.45) is 11.8 Å². The minimum atomic E-state index is -1.85. The van der Waals surface area contributed by atoms with E-state index in [1.54, 1.807) is 18.9 Å². The van der Waals surface area contributed by atoms with Crippen LogP contribution in [0.1, 0.15) is 50.7 Å². The SMILES string of the molecule is COc1ccc(S(C[C@H](C)C(=O)N2CCC[C@H]2C(=O)O)(c2ccc(C)cc2)c2ccc(C)cc2)cc1.C[C@@H](CS)C(=O)N1CCC[C@H]1C(=O)O. The number of carbonyl (C=O) groups excluding carboxylic acids is 2. The maximum atomic E-state index is 13.7. The molecule has 11 heteroatoms. The van der Waals surface area contributed by atoms with Gasteiger partial charge in [0.15, 0.2) is 0 Å². The molecule has 0 bridgehead atoms. The molecule has 0 aliphatic carbocycles. The number of thiol groups is 1. The van der Waals surface area contributed by atoms with E-state index in [9.17, 15) is 24.3 Å². The van der Waals surface area contributed by atoms with Gasteiger partial charge in [-0.2, -0.15) is 22.7 Å². The van der Waals surface area contributed by atoms with E-state index in [1.807, 2.05) is 19.1 Å². The minimum absolute atomic E-state index is 0.0792. The van der Waals surface area contributed by atoms with Crippen molar-refractivity contribution in [3.63, 3.8) is 0 Å². The van der Waals surface area contributed by atoms with Crippen molar-refractivity contribution in [1.82, 2.24) is 9.80 Å². The zero-order valence-corrected chi connectivity index (χ0v) is 31.3. The summed E-state index contributed by atoms with van der Waals surface area (Å²) in [6.07, 6.45) is 2.59. The first kappa shape index (κ1) is 38.8. The third-order valence-corrected chi connectivity index (χ3v) is 14.3. The molecule has 4 atom stereocenters. The predicted molar refractivity (Wildman–Crippen MR) is 200 cm³/mol. The normalized spacial score (nSPS) is 18.8. The fourth-order valence-corrected chi connectivity index (χ4v) is 11.0. The quantitative estimate of drug-likeness (QED) is 0.183. The maximum Gasteiger partial charge on any atom is 0.326 e. The lowest BCUT2D eigenvalue weighted by Gasteiger charge is -2.44. The number of carboxylic acids is 2. The van der Waals surface area contributed by atoms with Crippen LogP contribution in [0.5, 0.6) is 5.75 Å². The van der Waals surface area contributed by atoms with Crippen LogP contribution in [0.15, 0.2) is 87.5 Å². The van der Waals surface area contributed by atoms with Crippen LogP contribution in [0.4, 0.5) is 0 Å². The number of rotatable bonds is 11. The van der Waals surface area contributed by atoms with Crippen LogP contribution in [0.25, 0.3) is 0 Å². The van der Waals surface area contributed by atoms with Crippen molar-refractivity contribution in [3.05, 3.63) is 83.9 Å². The summed E-state index contributed by atoms with van der Waals surface area (Å²) in [7, 11) is -0.196. The summed E-state index contributed by atoms with van der Waals surface area (Å²) in [6, 6.07) is 24.1. The van der Waals surface area contributed by atoms with Crippen LogP contribution >= 0.6 is 22.7 Å². The lowest BCUT2D eigenvalue weighted by atomic mass is 10.1. The van der Waals surface area contributed by atoms with E-state index in [-0.39, 0.29) is 23.7 Å². The third-order valence-electron chi connectivity index (χ3n) is 9.57. The number of aryl methyl sites for hydroxylation is 2. The number of amides is 2. The largest absolute Gasteiger partial charge is 0.497 e. The number of nitrogens with zero attached hydrogens (tertiary/aromatic N) is 2.